The molecule has 114 valence electrons. The number of carbonyl (C=O) groups is 2. The normalized spacial score (nSPS) is 15.4. The summed E-state index contributed by atoms with van der Waals surface area (Å²) < 4.78 is 0. The molecule has 5 heteroatoms. The fourth-order valence-corrected chi connectivity index (χ4v) is 2.54. The van der Waals surface area contributed by atoms with Crippen LogP contribution in [0.15, 0.2) is 18.2 Å². The van der Waals surface area contributed by atoms with Gasteiger partial charge in [-0.15, -0.1) is 0 Å². The molecule has 0 radical (unpaired) electrons. The monoisotopic (exact) mass is 290 g/mol. The number of rotatable bonds is 3. The van der Waals surface area contributed by atoms with E-state index < -0.39 is 5.97 Å². The maximum absolute atomic E-state index is 12.0. The van der Waals surface area contributed by atoms with E-state index in [9.17, 15) is 9.59 Å². The third kappa shape index (κ3) is 4.29. The molecule has 0 fully saturated rings. The Hall–Kier alpha value is -1.88. The van der Waals surface area contributed by atoms with Crippen LogP contribution in [-0.2, 0) is 17.8 Å². The zero-order valence-electron chi connectivity index (χ0n) is 12.8. The number of nitrogens with one attached hydrogen (secondary N) is 1. The number of amides is 1. The molecule has 1 heterocycles. The second-order valence-electron chi connectivity index (χ2n) is 6.55. The van der Waals surface area contributed by atoms with Crippen molar-refractivity contribution >= 4 is 11.9 Å². The Kier molecular flexibility index (Phi) is 4.32. The van der Waals surface area contributed by atoms with Gasteiger partial charge >= 0.3 is 5.97 Å². The van der Waals surface area contributed by atoms with E-state index in [1.165, 1.54) is 5.56 Å². The average molecular weight is 290 g/mol. The highest BCUT2D eigenvalue weighted by atomic mass is 16.4. The molecule has 0 unspecified atom stereocenters. The van der Waals surface area contributed by atoms with Crippen LogP contribution in [0.25, 0.3) is 0 Å². The minimum absolute atomic E-state index is 0.000314. The summed E-state index contributed by atoms with van der Waals surface area (Å²) in [6.45, 7) is 7.64. The summed E-state index contributed by atoms with van der Waals surface area (Å²) in [5, 5.41) is 12.0. The summed E-state index contributed by atoms with van der Waals surface area (Å²) in [4.78, 5) is 25.0. The van der Waals surface area contributed by atoms with E-state index in [0.717, 1.165) is 18.5 Å². The van der Waals surface area contributed by atoms with E-state index in [-0.39, 0.29) is 11.4 Å². The number of fused-ring (bicyclic) bond motifs is 1. The molecule has 1 aliphatic rings. The van der Waals surface area contributed by atoms with E-state index in [4.69, 9.17) is 5.11 Å². The molecule has 5 nitrogen and oxygen atoms in total. The first-order valence-corrected chi connectivity index (χ1v) is 7.13. The summed E-state index contributed by atoms with van der Waals surface area (Å²) in [6, 6.07) is 5.24. The van der Waals surface area contributed by atoms with Crippen LogP contribution in [0.2, 0.25) is 0 Å². The van der Waals surface area contributed by atoms with Crippen LogP contribution in [0, 0.1) is 0 Å². The molecular weight excluding hydrogens is 268 g/mol. The number of hydrogen-bond donors (Lipinski definition) is 2. The first kappa shape index (κ1) is 15.5. The van der Waals surface area contributed by atoms with Crippen molar-refractivity contribution in [2.45, 2.75) is 39.3 Å². The fraction of sp³-hybridized carbons (Fsp3) is 0.500. The van der Waals surface area contributed by atoms with Crippen LogP contribution in [0.1, 0.15) is 42.3 Å². The van der Waals surface area contributed by atoms with Gasteiger partial charge in [-0.1, -0.05) is 6.07 Å². The third-order valence-corrected chi connectivity index (χ3v) is 3.43. The van der Waals surface area contributed by atoms with Gasteiger partial charge in [-0.25, -0.2) is 4.79 Å². The predicted molar refractivity (Wildman–Crippen MR) is 80.3 cm³/mol. The lowest BCUT2D eigenvalue weighted by Gasteiger charge is -2.30. The lowest BCUT2D eigenvalue weighted by Crippen LogP contribution is -2.46. The Bertz CT molecular complexity index is 561. The van der Waals surface area contributed by atoms with Crippen molar-refractivity contribution < 1.29 is 14.7 Å². The van der Waals surface area contributed by atoms with Crippen LogP contribution < -0.4 is 5.32 Å². The zero-order chi connectivity index (χ0) is 15.6. The van der Waals surface area contributed by atoms with Gasteiger partial charge in [0, 0.05) is 18.6 Å². The molecule has 2 N–H and O–H groups in total. The Labute approximate surface area is 125 Å². The maximum Gasteiger partial charge on any atom is 0.335 e. The highest BCUT2D eigenvalue weighted by Crippen LogP contribution is 2.20. The van der Waals surface area contributed by atoms with Crippen molar-refractivity contribution in [2.24, 2.45) is 0 Å². The van der Waals surface area contributed by atoms with E-state index in [2.05, 4.69) is 10.2 Å². The minimum atomic E-state index is -0.916. The number of carboxylic acid groups (broad SMARTS) is 1. The Morgan fingerprint density at radius 3 is 2.62 bits per heavy atom. The number of hydrogen-bond acceptors (Lipinski definition) is 3. The molecule has 0 saturated heterocycles. The Morgan fingerprint density at radius 2 is 2.00 bits per heavy atom. The molecule has 0 aromatic heterocycles. The van der Waals surface area contributed by atoms with Crippen molar-refractivity contribution in [3.63, 3.8) is 0 Å². The number of nitrogens with zero attached hydrogens (tertiary/aromatic N) is 1. The molecule has 1 aliphatic heterocycles. The van der Waals surface area contributed by atoms with E-state index >= 15 is 0 Å². The summed E-state index contributed by atoms with van der Waals surface area (Å²) in [5.74, 6) is -0.916. The third-order valence-electron chi connectivity index (χ3n) is 3.43. The van der Waals surface area contributed by atoms with Crippen LogP contribution in [0.3, 0.4) is 0 Å². The van der Waals surface area contributed by atoms with Crippen molar-refractivity contribution in [3.05, 3.63) is 34.9 Å². The molecule has 0 bridgehead atoms. The summed E-state index contributed by atoms with van der Waals surface area (Å²) in [6.07, 6.45) is 0.845. The second kappa shape index (κ2) is 5.85. The topological polar surface area (TPSA) is 69.6 Å². The average Bonchev–Trinajstić information content (AvgIpc) is 2.35. The van der Waals surface area contributed by atoms with Crippen LogP contribution >= 0.6 is 0 Å². The second-order valence-corrected chi connectivity index (χ2v) is 6.55. The number of carboxylic acids is 1. The quantitative estimate of drug-likeness (QED) is 0.888. The Balaban J connectivity index is 2.03. The van der Waals surface area contributed by atoms with E-state index in [1.54, 1.807) is 12.1 Å². The highest BCUT2D eigenvalue weighted by molar-refractivity contribution is 5.88. The standard InChI is InChI=1S/C16H22N2O3/c1-16(2,3)17-14(19)10-18-7-6-11-4-5-12(15(20)21)8-13(11)9-18/h4-5,8H,6-7,9-10H2,1-3H3,(H,17,19)(H,20,21). The molecule has 0 atom stereocenters. The minimum Gasteiger partial charge on any atom is -0.478 e. The molecule has 0 saturated carbocycles. The lowest BCUT2D eigenvalue weighted by molar-refractivity contribution is -0.123. The SMILES string of the molecule is CC(C)(C)NC(=O)CN1CCc2ccc(C(=O)O)cc2C1. The number of aromatic carboxylic acids is 1. The van der Waals surface area contributed by atoms with Gasteiger partial charge in [0.25, 0.3) is 0 Å². The fourth-order valence-electron chi connectivity index (χ4n) is 2.54. The summed E-state index contributed by atoms with van der Waals surface area (Å²) in [5.41, 5.74) is 2.24. The summed E-state index contributed by atoms with van der Waals surface area (Å²) >= 11 is 0. The van der Waals surface area contributed by atoms with Crippen molar-refractivity contribution in [1.29, 1.82) is 0 Å². The number of benzene rings is 1. The van der Waals surface area contributed by atoms with Crippen molar-refractivity contribution in [3.8, 4) is 0 Å². The maximum atomic E-state index is 12.0. The van der Waals surface area contributed by atoms with Gasteiger partial charge in [-0.3, -0.25) is 9.69 Å². The van der Waals surface area contributed by atoms with Gasteiger partial charge in [0.2, 0.25) is 5.91 Å². The van der Waals surface area contributed by atoms with Gasteiger partial charge in [0.05, 0.1) is 12.1 Å². The van der Waals surface area contributed by atoms with Gasteiger partial charge in [0.15, 0.2) is 0 Å². The van der Waals surface area contributed by atoms with Gasteiger partial charge in [0.1, 0.15) is 0 Å². The zero-order valence-corrected chi connectivity index (χ0v) is 12.8. The summed E-state index contributed by atoms with van der Waals surface area (Å²) in [7, 11) is 0. The first-order chi connectivity index (χ1) is 9.74. The van der Waals surface area contributed by atoms with Crippen molar-refractivity contribution in [1.82, 2.24) is 10.2 Å². The molecule has 0 aliphatic carbocycles. The van der Waals surface area contributed by atoms with Crippen LogP contribution in [-0.4, -0.2) is 40.5 Å². The largest absolute Gasteiger partial charge is 0.478 e. The van der Waals surface area contributed by atoms with Crippen molar-refractivity contribution in [2.75, 3.05) is 13.1 Å². The van der Waals surface area contributed by atoms with Gasteiger partial charge in [-0.05, 0) is 50.5 Å². The molecule has 1 amide bonds. The number of carbonyl (C=O) groups excluding carboxylic acids is 1. The highest BCUT2D eigenvalue weighted by Gasteiger charge is 2.21. The first-order valence-electron chi connectivity index (χ1n) is 7.13. The molecule has 0 spiro atoms. The van der Waals surface area contributed by atoms with Crippen LogP contribution in [0.5, 0.6) is 0 Å². The smallest absolute Gasteiger partial charge is 0.335 e. The molecular formula is C16H22N2O3. The molecule has 1 aromatic carbocycles. The van der Waals surface area contributed by atoms with E-state index in [1.807, 2.05) is 26.8 Å². The molecule has 21 heavy (non-hydrogen) atoms. The van der Waals surface area contributed by atoms with Gasteiger partial charge < -0.3 is 10.4 Å². The van der Waals surface area contributed by atoms with E-state index in [0.29, 0.717) is 18.7 Å². The van der Waals surface area contributed by atoms with Crippen LogP contribution in [0.4, 0.5) is 0 Å². The Morgan fingerprint density at radius 1 is 1.29 bits per heavy atom. The lowest BCUT2D eigenvalue weighted by atomic mass is 9.97. The molecule has 1 aromatic rings. The predicted octanol–water partition coefficient (Wildman–Crippen LogP) is 1.66. The molecule has 2 rings (SSSR count). The van der Waals surface area contributed by atoms with Gasteiger partial charge in [-0.2, -0.15) is 0 Å².